The number of carbonyl (C=O) groups excluding carboxylic acids is 1. The maximum atomic E-state index is 11.2. The molecule has 0 aliphatic carbocycles. The van der Waals surface area contributed by atoms with Crippen LogP contribution in [0.25, 0.3) is 0 Å². The Morgan fingerprint density at radius 2 is 1.90 bits per heavy atom. The fourth-order valence-corrected chi connectivity index (χ4v) is 1.04. The summed E-state index contributed by atoms with van der Waals surface area (Å²) < 4.78 is 15.6. The van der Waals surface area contributed by atoms with Crippen molar-refractivity contribution in [2.75, 3.05) is 20.4 Å². The van der Waals surface area contributed by atoms with Gasteiger partial charge in [0.05, 0.1) is 14.3 Å². The van der Waals surface area contributed by atoms with Crippen molar-refractivity contribution in [1.29, 1.82) is 0 Å². The minimum atomic E-state index is -2.30. The molecule has 10 heavy (non-hydrogen) atoms. The number of hydrogen-bond acceptors (Lipinski definition) is 3. The molecular weight excluding hydrogens is 151 g/mol. The molecule has 4 heteroatoms. The van der Waals surface area contributed by atoms with Crippen LogP contribution in [0.2, 0.25) is 0 Å². The molecule has 3 nitrogen and oxygen atoms in total. The number of carbonyl (C=O) groups is 1. The standard InChI is InChI=1S/C6H13O3P/c1-5(6(7)9-2)10(3,4)8/h5H,1-4H3. The highest BCUT2D eigenvalue weighted by Crippen LogP contribution is 2.42. The van der Waals surface area contributed by atoms with E-state index in [9.17, 15) is 9.36 Å². The Bertz CT molecular complexity index is 170. The molecule has 1 atom stereocenters. The molecule has 0 saturated heterocycles. The monoisotopic (exact) mass is 164 g/mol. The summed E-state index contributed by atoms with van der Waals surface area (Å²) in [6.07, 6.45) is 0. The second kappa shape index (κ2) is 3.20. The lowest BCUT2D eigenvalue weighted by Crippen LogP contribution is -2.17. The summed E-state index contributed by atoms with van der Waals surface area (Å²) in [4.78, 5) is 10.8. The van der Waals surface area contributed by atoms with Crippen molar-refractivity contribution in [2.45, 2.75) is 12.6 Å². The molecule has 0 bridgehead atoms. The van der Waals surface area contributed by atoms with Crippen LogP contribution in [0.4, 0.5) is 0 Å². The molecule has 0 aliphatic heterocycles. The van der Waals surface area contributed by atoms with E-state index in [0.29, 0.717) is 0 Å². The fourth-order valence-electron chi connectivity index (χ4n) is 0.424. The van der Waals surface area contributed by atoms with Gasteiger partial charge in [0.15, 0.2) is 0 Å². The summed E-state index contributed by atoms with van der Waals surface area (Å²) in [5, 5.41) is 0. The molecule has 0 aliphatic rings. The first-order valence-electron chi connectivity index (χ1n) is 3.02. The molecule has 60 valence electrons. The van der Waals surface area contributed by atoms with E-state index in [1.807, 2.05) is 0 Å². The van der Waals surface area contributed by atoms with Crippen LogP contribution in [-0.4, -0.2) is 32.1 Å². The zero-order valence-corrected chi connectivity index (χ0v) is 7.64. The lowest BCUT2D eigenvalue weighted by atomic mass is 10.5. The van der Waals surface area contributed by atoms with Crippen molar-refractivity contribution < 1.29 is 14.1 Å². The Balaban J connectivity index is 4.23. The van der Waals surface area contributed by atoms with Gasteiger partial charge in [-0.3, -0.25) is 4.79 Å². The Morgan fingerprint density at radius 3 is 2.00 bits per heavy atom. The molecule has 0 N–H and O–H groups in total. The van der Waals surface area contributed by atoms with E-state index in [1.165, 1.54) is 7.11 Å². The molecule has 0 fully saturated rings. The van der Waals surface area contributed by atoms with Gasteiger partial charge >= 0.3 is 5.97 Å². The first kappa shape index (κ1) is 9.70. The van der Waals surface area contributed by atoms with Crippen molar-refractivity contribution >= 4 is 13.1 Å². The topological polar surface area (TPSA) is 43.4 Å². The normalized spacial score (nSPS) is 14.4. The van der Waals surface area contributed by atoms with E-state index in [0.717, 1.165) is 0 Å². The second-order valence-electron chi connectivity index (χ2n) is 2.63. The van der Waals surface area contributed by atoms with E-state index in [4.69, 9.17) is 0 Å². The quantitative estimate of drug-likeness (QED) is 0.454. The number of esters is 1. The van der Waals surface area contributed by atoms with Crippen LogP contribution in [0.5, 0.6) is 0 Å². The van der Waals surface area contributed by atoms with Crippen molar-refractivity contribution in [3.05, 3.63) is 0 Å². The third-order valence-electron chi connectivity index (χ3n) is 1.48. The Hall–Kier alpha value is -0.300. The van der Waals surface area contributed by atoms with Crippen LogP contribution in [0.1, 0.15) is 6.92 Å². The summed E-state index contributed by atoms with van der Waals surface area (Å²) >= 11 is 0. The highest BCUT2D eigenvalue weighted by molar-refractivity contribution is 7.64. The Kier molecular flexibility index (Phi) is 3.10. The summed E-state index contributed by atoms with van der Waals surface area (Å²) in [6, 6.07) is 0. The van der Waals surface area contributed by atoms with Crippen molar-refractivity contribution in [2.24, 2.45) is 0 Å². The van der Waals surface area contributed by atoms with Gasteiger partial charge in [-0.2, -0.15) is 0 Å². The summed E-state index contributed by atoms with van der Waals surface area (Å²) in [5.74, 6) is -0.395. The third-order valence-corrected chi connectivity index (χ3v) is 3.55. The average Bonchev–Trinajstić information content (AvgIpc) is 1.83. The summed E-state index contributed by atoms with van der Waals surface area (Å²) in [5.41, 5.74) is -0.475. The average molecular weight is 164 g/mol. The molecule has 0 heterocycles. The number of methoxy groups -OCH3 is 1. The first-order chi connectivity index (χ1) is 4.39. The van der Waals surface area contributed by atoms with E-state index in [-0.39, 0.29) is 0 Å². The first-order valence-corrected chi connectivity index (χ1v) is 5.69. The van der Waals surface area contributed by atoms with Crippen molar-refractivity contribution in [3.63, 3.8) is 0 Å². The van der Waals surface area contributed by atoms with Gasteiger partial charge in [0.25, 0.3) is 0 Å². The molecule has 1 unspecified atom stereocenters. The van der Waals surface area contributed by atoms with Crippen molar-refractivity contribution in [1.82, 2.24) is 0 Å². The van der Waals surface area contributed by atoms with Gasteiger partial charge in [-0.05, 0) is 20.3 Å². The number of ether oxygens (including phenoxy) is 1. The highest BCUT2D eigenvalue weighted by atomic mass is 31.2. The minimum Gasteiger partial charge on any atom is -0.468 e. The van der Waals surface area contributed by atoms with Gasteiger partial charge in [-0.25, -0.2) is 0 Å². The molecular formula is C6H13O3P. The van der Waals surface area contributed by atoms with E-state index < -0.39 is 18.8 Å². The number of rotatable bonds is 2. The van der Waals surface area contributed by atoms with E-state index >= 15 is 0 Å². The number of hydrogen-bond donors (Lipinski definition) is 0. The Labute approximate surface area is 61.1 Å². The van der Waals surface area contributed by atoms with Crippen LogP contribution < -0.4 is 0 Å². The van der Waals surface area contributed by atoms with Gasteiger partial charge in [0.2, 0.25) is 0 Å². The molecule has 0 amide bonds. The van der Waals surface area contributed by atoms with Gasteiger partial charge in [-0.1, -0.05) is 0 Å². The molecule has 0 aromatic rings. The van der Waals surface area contributed by atoms with E-state index in [1.54, 1.807) is 20.3 Å². The molecule has 0 aromatic carbocycles. The SMILES string of the molecule is COC(=O)C(C)P(C)(C)=O. The Morgan fingerprint density at radius 1 is 1.50 bits per heavy atom. The van der Waals surface area contributed by atoms with Crippen LogP contribution in [-0.2, 0) is 14.1 Å². The lowest BCUT2D eigenvalue weighted by Gasteiger charge is -2.12. The van der Waals surface area contributed by atoms with Gasteiger partial charge in [0, 0.05) is 0 Å². The zero-order chi connectivity index (χ0) is 8.36. The maximum Gasteiger partial charge on any atom is 0.315 e. The molecule has 0 saturated carbocycles. The maximum absolute atomic E-state index is 11.2. The second-order valence-corrected chi connectivity index (χ2v) is 6.28. The summed E-state index contributed by atoms with van der Waals surface area (Å²) in [6.45, 7) is 4.77. The van der Waals surface area contributed by atoms with Crippen LogP contribution in [0, 0.1) is 0 Å². The van der Waals surface area contributed by atoms with Gasteiger partial charge in [-0.15, -0.1) is 0 Å². The minimum absolute atomic E-state index is 0.395. The lowest BCUT2D eigenvalue weighted by molar-refractivity contribution is -0.139. The van der Waals surface area contributed by atoms with Crippen molar-refractivity contribution in [3.8, 4) is 0 Å². The molecule has 0 spiro atoms. The highest BCUT2D eigenvalue weighted by Gasteiger charge is 2.25. The van der Waals surface area contributed by atoms with Gasteiger partial charge in [0.1, 0.15) is 5.66 Å². The predicted molar refractivity (Wildman–Crippen MR) is 40.9 cm³/mol. The molecule has 0 rings (SSSR count). The van der Waals surface area contributed by atoms with Crippen LogP contribution in [0.15, 0.2) is 0 Å². The molecule has 0 radical (unpaired) electrons. The predicted octanol–water partition coefficient (Wildman–Crippen LogP) is 1.17. The van der Waals surface area contributed by atoms with Crippen LogP contribution >= 0.6 is 7.14 Å². The van der Waals surface area contributed by atoms with Gasteiger partial charge < -0.3 is 9.30 Å². The summed E-state index contributed by atoms with van der Waals surface area (Å²) in [7, 11) is -1.00. The smallest absolute Gasteiger partial charge is 0.315 e. The van der Waals surface area contributed by atoms with E-state index in [2.05, 4.69) is 4.74 Å². The van der Waals surface area contributed by atoms with Crippen LogP contribution in [0.3, 0.4) is 0 Å². The fraction of sp³-hybridized carbons (Fsp3) is 0.833. The third kappa shape index (κ3) is 2.53. The molecule has 0 aromatic heterocycles. The largest absolute Gasteiger partial charge is 0.468 e. The zero-order valence-electron chi connectivity index (χ0n) is 6.75.